The molecule has 2 atom stereocenters. The lowest BCUT2D eigenvalue weighted by atomic mass is 9.90. The van der Waals surface area contributed by atoms with E-state index in [1.165, 1.54) is 19.1 Å². The first-order chi connectivity index (χ1) is 18.2. The topological polar surface area (TPSA) is 58.2 Å². The van der Waals surface area contributed by atoms with Crippen molar-refractivity contribution >= 4 is 29.5 Å². The molecule has 2 rings (SSSR count). The van der Waals surface area contributed by atoms with Crippen LogP contribution >= 0.6 is 11.6 Å². The van der Waals surface area contributed by atoms with Crippen molar-refractivity contribution in [1.29, 1.82) is 0 Å². The fourth-order valence-corrected chi connectivity index (χ4v) is 4.12. The molecule has 2 N–H and O–H groups in total. The highest BCUT2D eigenvalue weighted by Gasteiger charge is 2.39. The minimum absolute atomic E-state index is 0.103. The van der Waals surface area contributed by atoms with Gasteiger partial charge in [-0.1, -0.05) is 56.7 Å². The summed E-state index contributed by atoms with van der Waals surface area (Å²) in [5, 5.41) is 4.98. The average molecular weight is 591 g/mol. The number of benzene rings is 2. The van der Waals surface area contributed by atoms with Gasteiger partial charge in [0.05, 0.1) is 23.2 Å². The van der Waals surface area contributed by atoms with Gasteiger partial charge in [0, 0.05) is 11.4 Å². The molecule has 0 aliphatic rings. The van der Waals surface area contributed by atoms with Crippen molar-refractivity contribution in [2.75, 3.05) is 0 Å². The van der Waals surface area contributed by atoms with Gasteiger partial charge in [-0.3, -0.25) is 9.59 Å². The molecule has 0 aliphatic heterocycles. The van der Waals surface area contributed by atoms with Gasteiger partial charge in [-0.05, 0) is 73.1 Å². The standard InChI is InChI=1S/C29H33ClF6N2O2/c1-16-13-20(15-24(30)17(16)2)22(28(31,32)33)10-8-19-7-9-21(23(14-19)29(34,35)36)26(40)38-18(3)37-25(39)11-12-27(4,5)6/h7-10,13-15,18,22H,11-12H2,1-6H3,(H,37,39)(H,38,40)/b10-8+. The molecule has 2 unspecified atom stereocenters. The predicted molar refractivity (Wildman–Crippen MR) is 144 cm³/mol. The van der Waals surface area contributed by atoms with Crippen molar-refractivity contribution in [2.45, 2.75) is 78.8 Å². The number of rotatable bonds is 8. The summed E-state index contributed by atoms with van der Waals surface area (Å²) >= 11 is 6.07. The summed E-state index contributed by atoms with van der Waals surface area (Å²) in [5.41, 5.74) is -1.32. The Balaban J connectivity index is 2.31. The Labute approximate surface area is 235 Å². The number of amides is 2. The SMILES string of the molecule is Cc1cc(C(/C=C/c2ccc(C(=O)NC(C)NC(=O)CCC(C)(C)C)c(C(F)(F)F)c2)C(F)(F)F)cc(Cl)c1C. The lowest BCUT2D eigenvalue weighted by Gasteiger charge is -2.21. The number of allylic oxidation sites excluding steroid dienone is 1. The Morgan fingerprint density at radius 1 is 0.975 bits per heavy atom. The Kier molecular flexibility index (Phi) is 10.5. The maximum absolute atomic E-state index is 13.9. The molecule has 2 amide bonds. The third kappa shape index (κ3) is 9.57. The van der Waals surface area contributed by atoms with Crippen LogP contribution < -0.4 is 10.6 Å². The zero-order chi connectivity index (χ0) is 30.6. The number of halogens is 7. The molecular weight excluding hydrogens is 558 g/mol. The van der Waals surface area contributed by atoms with E-state index in [1.54, 1.807) is 13.8 Å². The van der Waals surface area contributed by atoms with Crippen LogP contribution in [0.2, 0.25) is 5.02 Å². The highest BCUT2D eigenvalue weighted by molar-refractivity contribution is 6.31. The number of nitrogens with one attached hydrogen (secondary N) is 2. The maximum Gasteiger partial charge on any atom is 0.417 e. The van der Waals surface area contributed by atoms with Crippen molar-refractivity contribution in [3.63, 3.8) is 0 Å². The molecule has 0 heterocycles. The molecule has 0 aliphatic carbocycles. The first-order valence-corrected chi connectivity index (χ1v) is 12.9. The quantitative estimate of drug-likeness (QED) is 0.240. The first-order valence-electron chi connectivity index (χ1n) is 12.5. The van der Waals surface area contributed by atoms with Gasteiger partial charge in [0.2, 0.25) is 5.91 Å². The largest absolute Gasteiger partial charge is 0.417 e. The van der Waals surface area contributed by atoms with Gasteiger partial charge in [-0.2, -0.15) is 26.3 Å². The molecule has 2 aromatic carbocycles. The summed E-state index contributed by atoms with van der Waals surface area (Å²) < 4.78 is 83.2. The van der Waals surface area contributed by atoms with Crippen molar-refractivity contribution in [1.82, 2.24) is 10.6 Å². The van der Waals surface area contributed by atoms with Gasteiger partial charge in [0.1, 0.15) is 0 Å². The number of carbonyl (C=O) groups excluding carboxylic acids is 2. The first kappa shape index (κ1) is 33.2. The molecule has 0 saturated carbocycles. The van der Waals surface area contributed by atoms with E-state index >= 15 is 0 Å². The van der Waals surface area contributed by atoms with Crippen molar-refractivity contribution < 1.29 is 35.9 Å². The van der Waals surface area contributed by atoms with Crippen molar-refractivity contribution in [2.24, 2.45) is 5.41 Å². The summed E-state index contributed by atoms with van der Waals surface area (Å²) in [6.45, 7) is 10.5. The zero-order valence-electron chi connectivity index (χ0n) is 23.1. The van der Waals surface area contributed by atoms with Gasteiger partial charge < -0.3 is 10.6 Å². The normalized spacial score (nSPS) is 14.2. The van der Waals surface area contributed by atoms with E-state index in [4.69, 9.17) is 11.6 Å². The third-order valence-electron chi connectivity index (χ3n) is 6.24. The highest BCUT2D eigenvalue weighted by atomic mass is 35.5. The fraction of sp³-hybridized carbons (Fsp3) is 0.448. The van der Waals surface area contributed by atoms with E-state index < -0.39 is 41.5 Å². The van der Waals surface area contributed by atoms with Gasteiger partial charge >= 0.3 is 12.4 Å². The van der Waals surface area contributed by atoms with Gasteiger partial charge in [0.15, 0.2) is 0 Å². The smallest absolute Gasteiger partial charge is 0.336 e. The fourth-order valence-electron chi connectivity index (χ4n) is 3.85. The van der Waals surface area contributed by atoms with Crippen molar-refractivity contribution in [3.8, 4) is 0 Å². The van der Waals surface area contributed by atoms with Gasteiger partial charge in [-0.25, -0.2) is 0 Å². The van der Waals surface area contributed by atoms with Crippen LogP contribution in [0.25, 0.3) is 6.08 Å². The van der Waals surface area contributed by atoms with E-state index in [9.17, 15) is 35.9 Å². The molecule has 0 bridgehead atoms. The number of alkyl halides is 6. The molecule has 0 aromatic heterocycles. The third-order valence-corrected chi connectivity index (χ3v) is 6.63. The summed E-state index contributed by atoms with van der Waals surface area (Å²) in [6, 6.07) is 5.14. The van der Waals surface area contributed by atoms with Crippen LogP contribution in [0.1, 0.15) is 84.6 Å². The van der Waals surface area contributed by atoms with E-state index in [1.807, 2.05) is 20.8 Å². The second-order valence-corrected chi connectivity index (χ2v) is 11.4. The second-order valence-electron chi connectivity index (χ2n) is 10.9. The van der Waals surface area contributed by atoms with E-state index in [0.29, 0.717) is 23.6 Å². The van der Waals surface area contributed by atoms with E-state index in [2.05, 4.69) is 10.6 Å². The molecule has 2 aromatic rings. The molecule has 4 nitrogen and oxygen atoms in total. The Morgan fingerprint density at radius 2 is 1.60 bits per heavy atom. The zero-order valence-corrected chi connectivity index (χ0v) is 23.8. The second kappa shape index (κ2) is 12.7. The monoisotopic (exact) mass is 590 g/mol. The summed E-state index contributed by atoms with van der Waals surface area (Å²) in [6.07, 6.45) is -8.24. The average Bonchev–Trinajstić information content (AvgIpc) is 2.79. The van der Waals surface area contributed by atoms with Crippen LogP contribution in [0.4, 0.5) is 26.3 Å². The van der Waals surface area contributed by atoms with Crippen LogP contribution in [0, 0.1) is 19.3 Å². The molecule has 0 saturated heterocycles. The summed E-state index contributed by atoms with van der Waals surface area (Å²) in [5.74, 6) is -3.59. The van der Waals surface area contributed by atoms with Crippen LogP contribution in [-0.2, 0) is 11.0 Å². The number of hydrogen-bond acceptors (Lipinski definition) is 2. The molecule has 0 fully saturated rings. The van der Waals surface area contributed by atoms with Crippen LogP contribution in [0.15, 0.2) is 36.4 Å². The van der Waals surface area contributed by atoms with Gasteiger partial charge in [-0.15, -0.1) is 0 Å². The minimum Gasteiger partial charge on any atom is -0.336 e. The number of carbonyl (C=O) groups is 2. The predicted octanol–water partition coefficient (Wildman–Crippen LogP) is 8.35. The molecule has 0 spiro atoms. The lowest BCUT2D eigenvalue weighted by Crippen LogP contribution is -2.46. The lowest BCUT2D eigenvalue weighted by molar-refractivity contribution is -0.139. The highest BCUT2D eigenvalue weighted by Crippen LogP contribution is 2.39. The van der Waals surface area contributed by atoms with Gasteiger partial charge in [0.25, 0.3) is 5.91 Å². The number of aryl methyl sites for hydroxylation is 1. The van der Waals surface area contributed by atoms with Crippen LogP contribution in [0.3, 0.4) is 0 Å². The summed E-state index contributed by atoms with van der Waals surface area (Å²) in [4.78, 5) is 24.8. The molecule has 40 heavy (non-hydrogen) atoms. The minimum atomic E-state index is -4.97. The summed E-state index contributed by atoms with van der Waals surface area (Å²) in [7, 11) is 0. The van der Waals surface area contributed by atoms with E-state index in [-0.39, 0.29) is 33.9 Å². The Bertz CT molecular complexity index is 1240. The molecular formula is C29H33ClF6N2O2. The number of hydrogen-bond donors (Lipinski definition) is 2. The van der Waals surface area contributed by atoms with E-state index in [0.717, 1.165) is 24.3 Å². The Hall–Kier alpha value is -3.01. The maximum atomic E-state index is 13.9. The van der Waals surface area contributed by atoms with Crippen molar-refractivity contribution in [3.05, 3.63) is 74.8 Å². The molecule has 220 valence electrons. The molecule has 0 radical (unpaired) electrons. The van der Waals surface area contributed by atoms with Crippen LogP contribution in [0.5, 0.6) is 0 Å². The Morgan fingerprint density at radius 3 is 2.12 bits per heavy atom. The van der Waals surface area contributed by atoms with Crippen LogP contribution in [-0.4, -0.2) is 24.2 Å². The molecule has 11 heteroatoms.